The third-order valence-electron chi connectivity index (χ3n) is 3.21. The first-order valence-electron chi connectivity index (χ1n) is 6.90. The van der Waals surface area contributed by atoms with Gasteiger partial charge in [0.15, 0.2) is 0 Å². The Morgan fingerprint density at radius 2 is 2.11 bits per heavy atom. The zero-order chi connectivity index (χ0) is 13.7. The minimum absolute atomic E-state index is 0.221. The molecule has 0 radical (unpaired) electrons. The van der Waals surface area contributed by atoms with Gasteiger partial charge in [0, 0.05) is 29.5 Å². The van der Waals surface area contributed by atoms with Crippen molar-refractivity contribution in [1.29, 1.82) is 0 Å². The van der Waals surface area contributed by atoms with Crippen LogP contribution in [0, 0.1) is 6.92 Å². The molecule has 0 amide bonds. The molecule has 0 aliphatic heterocycles. The molecule has 1 aromatic carbocycles. The van der Waals surface area contributed by atoms with Crippen LogP contribution in [0.5, 0.6) is 0 Å². The number of benzene rings is 1. The molecule has 1 N–H and O–H groups in total. The molecule has 0 fully saturated rings. The molecule has 3 heteroatoms. The van der Waals surface area contributed by atoms with Gasteiger partial charge in [-0.15, -0.1) is 11.6 Å². The fourth-order valence-electron chi connectivity index (χ4n) is 2.32. The van der Waals surface area contributed by atoms with Gasteiger partial charge in [0.25, 0.3) is 0 Å². The predicted octanol–water partition coefficient (Wildman–Crippen LogP) is 4.04. The van der Waals surface area contributed by atoms with Gasteiger partial charge in [0.1, 0.15) is 0 Å². The Morgan fingerprint density at radius 3 is 2.89 bits per heavy atom. The van der Waals surface area contributed by atoms with Crippen molar-refractivity contribution in [3.05, 3.63) is 41.6 Å². The van der Waals surface area contributed by atoms with Crippen LogP contribution in [0.1, 0.15) is 31.0 Å². The minimum Gasteiger partial charge on any atom is -0.311 e. The zero-order valence-corrected chi connectivity index (χ0v) is 12.4. The van der Waals surface area contributed by atoms with Gasteiger partial charge in [0.2, 0.25) is 0 Å². The summed E-state index contributed by atoms with van der Waals surface area (Å²) in [5, 5.41) is 4.89. The molecule has 1 heterocycles. The van der Waals surface area contributed by atoms with Gasteiger partial charge in [-0.25, -0.2) is 0 Å². The smallest absolute Gasteiger partial charge is 0.0708 e. The van der Waals surface area contributed by atoms with Crippen LogP contribution in [0.2, 0.25) is 0 Å². The van der Waals surface area contributed by atoms with Crippen LogP contribution in [0.25, 0.3) is 10.9 Å². The van der Waals surface area contributed by atoms with Crippen LogP contribution in [-0.4, -0.2) is 16.9 Å². The average Bonchev–Trinajstić information content (AvgIpc) is 2.38. The normalized spacial score (nSPS) is 12.8. The lowest BCUT2D eigenvalue weighted by molar-refractivity contribution is 0.624. The summed E-state index contributed by atoms with van der Waals surface area (Å²) in [5.74, 6) is 0. The highest BCUT2D eigenvalue weighted by molar-refractivity contribution is 6.20. The van der Waals surface area contributed by atoms with Gasteiger partial charge in [-0.3, -0.25) is 4.98 Å². The summed E-state index contributed by atoms with van der Waals surface area (Å²) in [5.41, 5.74) is 3.42. The summed E-state index contributed by atoms with van der Waals surface area (Å²) in [6, 6.07) is 10.4. The van der Waals surface area contributed by atoms with Crippen LogP contribution in [-0.2, 0) is 6.54 Å². The number of aryl methyl sites for hydroxylation is 1. The Labute approximate surface area is 120 Å². The molecule has 19 heavy (non-hydrogen) atoms. The third kappa shape index (κ3) is 3.92. The zero-order valence-electron chi connectivity index (χ0n) is 11.6. The van der Waals surface area contributed by atoms with Gasteiger partial charge in [-0.05, 0) is 31.0 Å². The van der Waals surface area contributed by atoms with Crippen LogP contribution >= 0.6 is 11.6 Å². The van der Waals surface area contributed by atoms with E-state index in [1.807, 2.05) is 13.0 Å². The molecule has 0 aliphatic rings. The van der Waals surface area contributed by atoms with Crippen LogP contribution in [0.4, 0.5) is 0 Å². The molecular weight excluding hydrogens is 256 g/mol. The van der Waals surface area contributed by atoms with Gasteiger partial charge in [-0.1, -0.05) is 31.5 Å². The molecule has 102 valence electrons. The van der Waals surface area contributed by atoms with E-state index in [-0.39, 0.29) is 5.38 Å². The Hall–Kier alpha value is -1.12. The number of nitrogens with one attached hydrogen (secondary N) is 1. The fourth-order valence-corrected chi connectivity index (χ4v) is 2.65. The maximum atomic E-state index is 6.22. The van der Waals surface area contributed by atoms with Crippen molar-refractivity contribution in [2.24, 2.45) is 0 Å². The molecule has 0 bridgehead atoms. The van der Waals surface area contributed by atoms with Gasteiger partial charge >= 0.3 is 0 Å². The molecule has 0 aliphatic carbocycles. The Kier molecular flexibility index (Phi) is 5.17. The number of nitrogens with zero attached hydrogens (tertiary/aromatic N) is 1. The van der Waals surface area contributed by atoms with Crippen molar-refractivity contribution in [2.75, 3.05) is 6.54 Å². The lowest BCUT2D eigenvalue weighted by atomic mass is 10.1. The van der Waals surface area contributed by atoms with Crippen LogP contribution < -0.4 is 5.32 Å². The van der Waals surface area contributed by atoms with E-state index >= 15 is 0 Å². The molecule has 1 aromatic heterocycles. The summed E-state index contributed by atoms with van der Waals surface area (Å²) < 4.78 is 0. The fraction of sp³-hybridized carbons (Fsp3) is 0.438. The standard InChI is InChI=1S/C16H21ClN2/c1-3-6-14(17)11-18-10-13-9-12(2)19-16-8-5-4-7-15(13)16/h4-5,7-9,14,18H,3,6,10-11H2,1-2H3. The minimum atomic E-state index is 0.221. The Bertz CT molecular complexity index is 539. The maximum Gasteiger partial charge on any atom is 0.0708 e. The highest BCUT2D eigenvalue weighted by atomic mass is 35.5. The number of hydrogen-bond acceptors (Lipinski definition) is 2. The van der Waals surface area contributed by atoms with E-state index < -0.39 is 0 Å². The molecule has 2 rings (SSSR count). The van der Waals surface area contributed by atoms with Crippen LogP contribution in [0.3, 0.4) is 0 Å². The number of alkyl halides is 1. The van der Waals surface area contributed by atoms with E-state index in [0.29, 0.717) is 0 Å². The third-order valence-corrected chi connectivity index (χ3v) is 3.59. The van der Waals surface area contributed by atoms with Crippen molar-refractivity contribution in [3.8, 4) is 0 Å². The van der Waals surface area contributed by atoms with E-state index in [4.69, 9.17) is 11.6 Å². The largest absolute Gasteiger partial charge is 0.311 e. The highest BCUT2D eigenvalue weighted by Gasteiger charge is 2.05. The van der Waals surface area contributed by atoms with Crippen LogP contribution in [0.15, 0.2) is 30.3 Å². The van der Waals surface area contributed by atoms with Crippen molar-refractivity contribution in [3.63, 3.8) is 0 Å². The number of fused-ring (bicyclic) bond motifs is 1. The number of rotatable bonds is 6. The van der Waals surface area contributed by atoms with Gasteiger partial charge in [0.05, 0.1) is 5.52 Å². The average molecular weight is 277 g/mol. The molecule has 2 aromatic rings. The summed E-state index contributed by atoms with van der Waals surface area (Å²) in [7, 11) is 0. The van der Waals surface area contributed by atoms with Crippen molar-refractivity contribution < 1.29 is 0 Å². The Balaban J connectivity index is 2.08. The van der Waals surface area contributed by atoms with Crippen molar-refractivity contribution in [1.82, 2.24) is 10.3 Å². The number of para-hydroxylation sites is 1. The summed E-state index contributed by atoms with van der Waals surface area (Å²) in [6.07, 6.45) is 2.19. The highest BCUT2D eigenvalue weighted by Crippen LogP contribution is 2.18. The Morgan fingerprint density at radius 1 is 1.32 bits per heavy atom. The first-order chi connectivity index (χ1) is 9.20. The number of aromatic nitrogens is 1. The van der Waals surface area contributed by atoms with Gasteiger partial charge in [-0.2, -0.15) is 0 Å². The SMILES string of the molecule is CCCC(Cl)CNCc1cc(C)nc2ccccc12. The molecule has 1 unspecified atom stereocenters. The molecular formula is C16H21ClN2. The molecule has 0 spiro atoms. The number of hydrogen-bond donors (Lipinski definition) is 1. The monoisotopic (exact) mass is 276 g/mol. The summed E-state index contributed by atoms with van der Waals surface area (Å²) in [4.78, 5) is 4.56. The second-order valence-corrected chi connectivity index (χ2v) is 5.57. The van der Waals surface area contributed by atoms with E-state index in [2.05, 4.69) is 41.5 Å². The first kappa shape index (κ1) is 14.3. The van der Waals surface area contributed by atoms with Crippen molar-refractivity contribution in [2.45, 2.75) is 38.6 Å². The number of pyridine rings is 1. The first-order valence-corrected chi connectivity index (χ1v) is 7.34. The lowest BCUT2D eigenvalue weighted by Gasteiger charge is -2.12. The quantitative estimate of drug-likeness (QED) is 0.806. The van der Waals surface area contributed by atoms with E-state index in [9.17, 15) is 0 Å². The predicted molar refractivity (Wildman–Crippen MR) is 82.7 cm³/mol. The summed E-state index contributed by atoms with van der Waals surface area (Å²) >= 11 is 6.22. The van der Waals surface area contributed by atoms with Crippen molar-refractivity contribution >= 4 is 22.5 Å². The maximum absolute atomic E-state index is 6.22. The summed E-state index contributed by atoms with van der Waals surface area (Å²) in [6.45, 7) is 5.90. The van der Waals surface area contributed by atoms with E-state index in [1.54, 1.807) is 0 Å². The van der Waals surface area contributed by atoms with Gasteiger partial charge < -0.3 is 5.32 Å². The molecule has 1 atom stereocenters. The number of halogens is 1. The second-order valence-electron chi connectivity index (χ2n) is 4.96. The lowest BCUT2D eigenvalue weighted by Crippen LogP contribution is -2.23. The molecule has 0 saturated heterocycles. The molecule has 2 nitrogen and oxygen atoms in total. The van der Waals surface area contributed by atoms with E-state index in [0.717, 1.165) is 37.1 Å². The van der Waals surface area contributed by atoms with E-state index in [1.165, 1.54) is 10.9 Å². The second kappa shape index (κ2) is 6.88. The topological polar surface area (TPSA) is 24.9 Å². The molecule has 0 saturated carbocycles.